The molecule has 0 unspecified atom stereocenters. The van der Waals surface area contributed by atoms with Gasteiger partial charge in [0.1, 0.15) is 0 Å². The third-order valence-corrected chi connectivity index (χ3v) is 7.32. The van der Waals surface area contributed by atoms with E-state index in [9.17, 15) is 0 Å². The molecule has 4 saturated carbocycles. The second kappa shape index (κ2) is 5.38. The molecule has 6 rings (SSSR count). The van der Waals surface area contributed by atoms with E-state index in [0.29, 0.717) is 5.54 Å². The van der Waals surface area contributed by atoms with Crippen LogP contribution in [0.2, 0.25) is 5.02 Å². The third kappa shape index (κ3) is 2.33. The molecule has 128 valence electrons. The molecule has 1 aliphatic heterocycles. The molecule has 2 nitrogen and oxygen atoms in total. The van der Waals surface area contributed by atoms with E-state index in [1.54, 1.807) is 0 Å². The largest absolute Gasteiger partial charge is 0.344 e. The molecule has 4 bridgehead atoms. The molecule has 1 aromatic rings. The third-order valence-electron chi connectivity index (χ3n) is 7.04. The van der Waals surface area contributed by atoms with Crippen LogP contribution in [0.25, 0.3) is 0 Å². The molecule has 1 heterocycles. The molecular formula is C21H27ClN2. The van der Waals surface area contributed by atoms with Crippen molar-refractivity contribution in [2.24, 2.45) is 17.8 Å². The second-order valence-corrected chi connectivity index (χ2v) is 9.36. The van der Waals surface area contributed by atoms with Gasteiger partial charge < -0.3 is 4.90 Å². The Bertz CT molecular complexity index is 610. The Morgan fingerprint density at radius 1 is 1.00 bits per heavy atom. The average Bonchev–Trinajstić information content (AvgIpc) is 2.95. The zero-order valence-corrected chi connectivity index (χ0v) is 15.6. The predicted octanol–water partition coefficient (Wildman–Crippen LogP) is 5.04. The SMILES string of the molecule is Cc1cc(C)c(N2[C]N(C34CC5CC(CC(C5)C3)C4)CC2)c(Cl)c1. The summed E-state index contributed by atoms with van der Waals surface area (Å²) in [7, 11) is 0. The van der Waals surface area contributed by atoms with Crippen LogP contribution in [0, 0.1) is 38.3 Å². The number of nitrogens with zero attached hydrogens (tertiary/aromatic N) is 2. The van der Waals surface area contributed by atoms with Crippen LogP contribution in [0.4, 0.5) is 5.69 Å². The van der Waals surface area contributed by atoms with Crippen LogP contribution < -0.4 is 4.90 Å². The van der Waals surface area contributed by atoms with Crippen molar-refractivity contribution in [2.75, 3.05) is 18.0 Å². The van der Waals surface area contributed by atoms with Gasteiger partial charge in [0.25, 0.3) is 0 Å². The summed E-state index contributed by atoms with van der Waals surface area (Å²) in [5, 5.41) is 0.868. The van der Waals surface area contributed by atoms with E-state index in [0.717, 1.165) is 41.6 Å². The van der Waals surface area contributed by atoms with E-state index in [-0.39, 0.29) is 0 Å². The monoisotopic (exact) mass is 342 g/mol. The zero-order chi connectivity index (χ0) is 16.5. The van der Waals surface area contributed by atoms with Gasteiger partial charge in [0.2, 0.25) is 0 Å². The van der Waals surface area contributed by atoms with Crippen molar-refractivity contribution in [2.45, 2.75) is 57.9 Å². The van der Waals surface area contributed by atoms with Gasteiger partial charge in [-0.2, -0.15) is 0 Å². The lowest BCUT2D eigenvalue weighted by Crippen LogP contribution is -2.58. The predicted molar refractivity (Wildman–Crippen MR) is 99.1 cm³/mol. The number of rotatable bonds is 2. The molecule has 24 heavy (non-hydrogen) atoms. The lowest BCUT2D eigenvalue weighted by atomic mass is 9.52. The van der Waals surface area contributed by atoms with Crippen molar-refractivity contribution in [1.82, 2.24) is 4.90 Å². The summed E-state index contributed by atoms with van der Waals surface area (Å²) in [6, 6.07) is 4.31. The summed E-state index contributed by atoms with van der Waals surface area (Å²) >= 11 is 6.58. The maximum atomic E-state index is 6.58. The number of halogens is 1. The fraction of sp³-hybridized carbons (Fsp3) is 0.667. The highest BCUT2D eigenvalue weighted by Gasteiger charge is 2.54. The minimum Gasteiger partial charge on any atom is -0.344 e. The first-order valence-corrected chi connectivity index (χ1v) is 9.98. The summed E-state index contributed by atoms with van der Waals surface area (Å²) in [6.07, 6.45) is 8.71. The van der Waals surface area contributed by atoms with Gasteiger partial charge in [0.15, 0.2) is 6.67 Å². The first-order chi connectivity index (χ1) is 11.5. The van der Waals surface area contributed by atoms with E-state index < -0.39 is 0 Å². The number of benzene rings is 1. The van der Waals surface area contributed by atoms with Gasteiger partial charge >= 0.3 is 0 Å². The van der Waals surface area contributed by atoms with E-state index in [1.807, 2.05) is 0 Å². The smallest absolute Gasteiger partial charge is 0.178 e. The molecule has 1 saturated heterocycles. The molecule has 1 aromatic carbocycles. The lowest BCUT2D eigenvalue weighted by Gasteiger charge is -2.59. The van der Waals surface area contributed by atoms with Crippen molar-refractivity contribution in [3.63, 3.8) is 0 Å². The normalized spacial score (nSPS) is 38.3. The second-order valence-electron chi connectivity index (χ2n) is 8.96. The highest BCUT2D eigenvalue weighted by Crippen LogP contribution is 2.58. The van der Waals surface area contributed by atoms with E-state index in [4.69, 9.17) is 11.6 Å². The van der Waals surface area contributed by atoms with Crippen LogP contribution in [0.1, 0.15) is 49.7 Å². The van der Waals surface area contributed by atoms with Crippen LogP contribution in [-0.2, 0) is 0 Å². The fourth-order valence-corrected chi connectivity index (χ4v) is 7.02. The molecule has 0 aromatic heterocycles. The van der Waals surface area contributed by atoms with Crippen LogP contribution in [0.5, 0.6) is 0 Å². The van der Waals surface area contributed by atoms with Gasteiger partial charge in [0.05, 0.1) is 10.7 Å². The Hall–Kier alpha value is -0.730. The number of anilines is 1. The highest BCUT2D eigenvalue weighted by atomic mass is 35.5. The maximum Gasteiger partial charge on any atom is 0.178 e. The van der Waals surface area contributed by atoms with Crippen molar-refractivity contribution >= 4 is 17.3 Å². The molecular weight excluding hydrogens is 316 g/mol. The van der Waals surface area contributed by atoms with Gasteiger partial charge in [-0.25, -0.2) is 0 Å². The molecule has 3 heteroatoms. The minimum absolute atomic E-state index is 0.411. The lowest BCUT2D eigenvalue weighted by molar-refractivity contribution is -0.0712. The minimum atomic E-state index is 0.411. The van der Waals surface area contributed by atoms with Crippen molar-refractivity contribution in [1.29, 1.82) is 0 Å². The highest BCUT2D eigenvalue weighted by molar-refractivity contribution is 6.33. The summed E-state index contributed by atoms with van der Waals surface area (Å²) in [6.45, 7) is 10.2. The molecule has 0 N–H and O–H groups in total. The van der Waals surface area contributed by atoms with E-state index in [2.05, 4.69) is 42.4 Å². The molecule has 2 radical (unpaired) electrons. The molecule has 4 aliphatic carbocycles. The van der Waals surface area contributed by atoms with Gasteiger partial charge in [-0.05, 0) is 87.3 Å². The fourth-order valence-electron chi connectivity index (χ4n) is 6.60. The van der Waals surface area contributed by atoms with E-state index in [1.165, 1.54) is 49.7 Å². The summed E-state index contributed by atoms with van der Waals surface area (Å²) in [5.74, 6) is 2.95. The number of hydrogen-bond donors (Lipinski definition) is 0. The van der Waals surface area contributed by atoms with Gasteiger partial charge in [-0.3, -0.25) is 4.90 Å². The quantitative estimate of drug-likeness (QED) is 0.742. The van der Waals surface area contributed by atoms with Crippen LogP contribution in [0.3, 0.4) is 0 Å². The van der Waals surface area contributed by atoms with Crippen LogP contribution in [0.15, 0.2) is 12.1 Å². The molecule has 5 fully saturated rings. The Labute approximate surface area is 151 Å². The van der Waals surface area contributed by atoms with Crippen molar-refractivity contribution in [3.05, 3.63) is 35.0 Å². The molecule has 0 amide bonds. The van der Waals surface area contributed by atoms with E-state index >= 15 is 0 Å². The van der Waals surface area contributed by atoms with Crippen molar-refractivity contribution < 1.29 is 0 Å². The first-order valence-electron chi connectivity index (χ1n) is 9.61. The summed E-state index contributed by atoms with van der Waals surface area (Å²) < 4.78 is 0. The first kappa shape index (κ1) is 15.5. The van der Waals surface area contributed by atoms with Gasteiger partial charge in [-0.15, -0.1) is 0 Å². The topological polar surface area (TPSA) is 6.48 Å². The number of hydrogen-bond acceptors (Lipinski definition) is 2. The van der Waals surface area contributed by atoms with Crippen LogP contribution >= 0.6 is 11.6 Å². The molecule has 0 atom stereocenters. The summed E-state index contributed by atoms with van der Waals surface area (Å²) in [4.78, 5) is 4.88. The zero-order valence-electron chi connectivity index (χ0n) is 14.8. The average molecular weight is 343 g/mol. The molecule has 0 spiro atoms. The number of aryl methyl sites for hydroxylation is 2. The van der Waals surface area contributed by atoms with Gasteiger partial charge in [0, 0.05) is 18.6 Å². The maximum absolute atomic E-state index is 6.58. The van der Waals surface area contributed by atoms with Crippen molar-refractivity contribution in [3.8, 4) is 0 Å². The Balaban J connectivity index is 1.40. The Kier molecular flexibility index (Phi) is 3.48. The summed E-state index contributed by atoms with van der Waals surface area (Å²) in [5.41, 5.74) is 4.07. The standard InChI is InChI=1S/C21H27ClN2/c1-14-5-15(2)20(19(22)6-14)23-3-4-24(13-23)21-10-16-7-17(11-21)9-18(8-16)12-21/h5-6,16-18H,3-4,7-12H2,1-2H3. The molecule has 5 aliphatic rings. The van der Waals surface area contributed by atoms with Gasteiger partial charge in [-0.1, -0.05) is 17.7 Å². The Morgan fingerprint density at radius 2 is 1.62 bits per heavy atom. The van der Waals surface area contributed by atoms with Crippen LogP contribution in [-0.4, -0.2) is 23.5 Å². The Morgan fingerprint density at radius 3 is 2.21 bits per heavy atom.